The number of nitrogens with one attached hydrogen (secondary N) is 1. The second-order valence-electron chi connectivity index (χ2n) is 2.79. The van der Waals surface area contributed by atoms with Crippen molar-refractivity contribution in [1.82, 2.24) is 0 Å². The summed E-state index contributed by atoms with van der Waals surface area (Å²) >= 11 is 10.5. The van der Waals surface area contributed by atoms with Crippen molar-refractivity contribution in [2.45, 2.75) is 4.84 Å². The normalized spacial score (nSPS) is 10.2. The lowest BCUT2D eigenvalue weighted by Crippen LogP contribution is -2.20. The van der Waals surface area contributed by atoms with Gasteiger partial charge in [0.1, 0.15) is 5.82 Å². The zero-order valence-corrected chi connectivity index (χ0v) is 9.22. The lowest BCUT2D eigenvalue weighted by Gasteiger charge is -2.08. The molecule has 1 rings (SSSR count). The van der Waals surface area contributed by atoms with Crippen molar-refractivity contribution >= 4 is 40.8 Å². The van der Waals surface area contributed by atoms with Crippen LogP contribution in [0, 0.1) is 5.82 Å². The summed E-state index contributed by atoms with van der Waals surface area (Å²) in [5, 5.41) is 10.9. The number of hydrogen-bond donors (Lipinski definition) is 2. The highest BCUT2D eigenvalue weighted by Gasteiger charge is 2.16. The number of carbonyl (C=O) groups excluding carboxylic acids is 1. The quantitative estimate of drug-likeness (QED) is 0.824. The van der Waals surface area contributed by atoms with Crippen LogP contribution >= 0.6 is 23.2 Å². The summed E-state index contributed by atoms with van der Waals surface area (Å²) in [7, 11) is 0. The highest BCUT2D eigenvalue weighted by atomic mass is 35.5. The van der Waals surface area contributed by atoms with E-state index < -0.39 is 22.5 Å². The van der Waals surface area contributed by atoms with Crippen LogP contribution < -0.4 is 5.32 Å². The van der Waals surface area contributed by atoms with Crippen molar-refractivity contribution in [3.63, 3.8) is 0 Å². The number of carbonyl (C=O) groups is 2. The first-order chi connectivity index (χ1) is 7.41. The SMILES string of the molecule is O=C(O)c1cc(F)ccc1NC(=O)C(Cl)Cl. The molecule has 0 saturated carbocycles. The van der Waals surface area contributed by atoms with Gasteiger partial charge in [-0.2, -0.15) is 0 Å². The van der Waals surface area contributed by atoms with Crippen molar-refractivity contribution < 1.29 is 19.1 Å². The van der Waals surface area contributed by atoms with E-state index in [0.717, 1.165) is 18.2 Å². The molecule has 1 aromatic rings. The lowest BCUT2D eigenvalue weighted by molar-refractivity contribution is -0.114. The summed E-state index contributed by atoms with van der Waals surface area (Å²) in [5.41, 5.74) is -0.437. The Bertz CT molecular complexity index is 437. The minimum Gasteiger partial charge on any atom is -0.478 e. The van der Waals surface area contributed by atoms with Crippen LogP contribution in [0.1, 0.15) is 10.4 Å². The van der Waals surface area contributed by atoms with E-state index in [4.69, 9.17) is 28.3 Å². The number of hydrogen-bond acceptors (Lipinski definition) is 2. The van der Waals surface area contributed by atoms with Crippen molar-refractivity contribution in [1.29, 1.82) is 0 Å². The molecule has 1 amide bonds. The van der Waals surface area contributed by atoms with Crippen LogP contribution in [0.25, 0.3) is 0 Å². The monoisotopic (exact) mass is 265 g/mol. The molecule has 0 unspecified atom stereocenters. The van der Waals surface area contributed by atoms with Gasteiger partial charge in [0.15, 0.2) is 4.84 Å². The zero-order valence-electron chi connectivity index (χ0n) is 7.71. The molecule has 4 nitrogen and oxygen atoms in total. The van der Waals surface area contributed by atoms with Crippen LogP contribution in [0.2, 0.25) is 0 Å². The molecule has 0 aromatic heterocycles. The number of benzene rings is 1. The van der Waals surface area contributed by atoms with Gasteiger partial charge in [0.05, 0.1) is 11.3 Å². The van der Waals surface area contributed by atoms with E-state index in [0.29, 0.717) is 0 Å². The molecule has 0 aliphatic heterocycles. The molecule has 0 aliphatic carbocycles. The number of carboxylic acids is 1. The molecule has 0 heterocycles. The standard InChI is InChI=1S/C9H6Cl2FNO3/c10-7(11)8(14)13-6-2-1-4(12)3-5(6)9(15)16/h1-3,7H,(H,13,14)(H,15,16). The molecule has 0 bridgehead atoms. The number of amides is 1. The van der Waals surface area contributed by atoms with Crippen molar-refractivity contribution in [2.24, 2.45) is 0 Å². The van der Waals surface area contributed by atoms with E-state index in [1.165, 1.54) is 0 Å². The first-order valence-corrected chi connectivity index (χ1v) is 4.91. The third-order valence-electron chi connectivity index (χ3n) is 1.67. The highest BCUT2D eigenvalue weighted by Crippen LogP contribution is 2.18. The van der Waals surface area contributed by atoms with E-state index in [2.05, 4.69) is 5.32 Å². The Balaban J connectivity index is 3.04. The van der Waals surface area contributed by atoms with Gasteiger partial charge in [0.25, 0.3) is 5.91 Å². The van der Waals surface area contributed by atoms with Crippen LogP contribution in [-0.2, 0) is 4.79 Å². The van der Waals surface area contributed by atoms with Gasteiger partial charge in [-0.25, -0.2) is 9.18 Å². The molecule has 1 aromatic carbocycles. The average molecular weight is 266 g/mol. The fraction of sp³-hybridized carbons (Fsp3) is 0.111. The van der Waals surface area contributed by atoms with Gasteiger partial charge in [0.2, 0.25) is 0 Å². The molecular weight excluding hydrogens is 260 g/mol. The predicted molar refractivity (Wildman–Crippen MR) is 57.5 cm³/mol. The van der Waals surface area contributed by atoms with Crippen LogP contribution in [0.5, 0.6) is 0 Å². The summed E-state index contributed by atoms with van der Waals surface area (Å²) in [6, 6.07) is 2.92. The Kier molecular flexibility index (Phi) is 4.09. The summed E-state index contributed by atoms with van der Waals surface area (Å²) in [6.45, 7) is 0. The molecule has 0 radical (unpaired) electrons. The number of halogens is 3. The zero-order chi connectivity index (χ0) is 12.3. The van der Waals surface area contributed by atoms with Gasteiger partial charge in [0, 0.05) is 0 Å². The molecule has 86 valence electrons. The Morgan fingerprint density at radius 2 is 2.00 bits per heavy atom. The summed E-state index contributed by atoms with van der Waals surface area (Å²) in [6.07, 6.45) is 0. The fourth-order valence-corrected chi connectivity index (χ4v) is 1.10. The fourth-order valence-electron chi connectivity index (χ4n) is 0.990. The molecule has 2 N–H and O–H groups in total. The molecule has 0 saturated heterocycles. The minimum absolute atomic E-state index is 0.0646. The minimum atomic E-state index is -1.37. The van der Waals surface area contributed by atoms with Gasteiger partial charge in [-0.1, -0.05) is 23.2 Å². The van der Waals surface area contributed by atoms with Gasteiger partial charge < -0.3 is 10.4 Å². The molecule has 16 heavy (non-hydrogen) atoms. The topological polar surface area (TPSA) is 66.4 Å². The number of anilines is 1. The first-order valence-electron chi connectivity index (χ1n) is 4.03. The Morgan fingerprint density at radius 1 is 1.38 bits per heavy atom. The van der Waals surface area contributed by atoms with Crippen molar-refractivity contribution in [2.75, 3.05) is 5.32 Å². The third kappa shape index (κ3) is 3.08. The number of alkyl halides is 2. The number of rotatable bonds is 3. The van der Waals surface area contributed by atoms with E-state index in [-0.39, 0.29) is 11.3 Å². The average Bonchev–Trinajstić information content (AvgIpc) is 2.20. The van der Waals surface area contributed by atoms with Gasteiger partial charge in [-0.3, -0.25) is 4.79 Å². The molecule has 0 fully saturated rings. The first kappa shape index (κ1) is 12.7. The van der Waals surface area contributed by atoms with Gasteiger partial charge >= 0.3 is 5.97 Å². The van der Waals surface area contributed by atoms with Crippen molar-refractivity contribution in [3.05, 3.63) is 29.6 Å². The molecule has 0 aliphatic rings. The molecule has 0 atom stereocenters. The second kappa shape index (κ2) is 5.14. The van der Waals surface area contributed by atoms with Crippen LogP contribution in [-0.4, -0.2) is 21.8 Å². The van der Waals surface area contributed by atoms with Crippen molar-refractivity contribution in [3.8, 4) is 0 Å². The maximum atomic E-state index is 12.8. The number of carboxylic acid groups (broad SMARTS) is 1. The summed E-state index contributed by atoms with van der Waals surface area (Å²) in [4.78, 5) is 20.5. The molecule has 7 heteroatoms. The van der Waals surface area contributed by atoms with E-state index >= 15 is 0 Å². The summed E-state index contributed by atoms with van der Waals surface area (Å²) < 4.78 is 12.8. The predicted octanol–water partition coefficient (Wildman–Crippen LogP) is 2.27. The molecule has 0 spiro atoms. The maximum absolute atomic E-state index is 12.8. The lowest BCUT2D eigenvalue weighted by atomic mass is 10.1. The number of aromatic carboxylic acids is 1. The van der Waals surface area contributed by atoms with Crippen LogP contribution in [0.3, 0.4) is 0 Å². The van der Waals surface area contributed by atoms with Gasteiger partial charge in [-0.15, -0.1) is 0 Å². The Hall–Kier alpha value is -1.33. The highest BCUT2D eigenvalue weighted by molar-refractivity contribution is 6.54. The Labute approximate surface area is 100.0 Å². The second-order valence-corrected chi connectivity index (χ2v) is 3.88. The Morgan fingerprint density at radius 3 is 2.50 bits per heavy atom. The summed E-state index contributed by atoms with van der Waals surface area (Å²) in [5.74, 6) is -2.86. The van der Waals surface area contributed by atoms with Crippen LogP contribution in [0.4, 0.5) is 10.1 Å². The smallest absolute Gasteiger partial charge is 0.337 e. The largest absolute Gasteiger partial charge is 0.478 e. The van der Waals surface area contributed by atoms with E-state index in [9.17, 15) is 14.0 Å². The van der Waals surface area contributed by atoms with Crippen LogP contribution in [0.15, 0.2) is 18.2 Å². The van der Waals surface area contributed by atoms with E-state index in [1.54, 1.807) is 0 Å². The van der Waals surface area contributed by atoms with E-state index in [1.807, 2.05) is 0 Å². The third-order valence-corrected chi connectivity index (χ3v) is 2.06. The van der Waals surface area contributed by atoms with Gasteiger partial charge in [-0.05, 0) is 18.2 Å². The maximum Gasteiger partial charge on any atom is 0.337 e. The molecular formula is C9H6Cl2FNO3.